The van der Waals surface area contributed by atoms with Gasteiger partial charge in [-0.25, -0.2) is 0 Å². The van der Waals surface area contributed by atoms with Crippen molar-refractivity contribution in [2.24, 2.45) is 5.73 Å². The number of unbranched alkanes of at least 4 members (excludes halogenated alkanes) is 3. The first-order valence-corrected chi connectivity index (χ1v) is 14.1. The summed E-state index contributed by atoms with van der Waals surface area (Å²) in [5.41, 5.74) is 12.1. The molecule has 1 unspecified atom stereocenters. The zero-order chi connectivity index (χ0) is 26.9. The largest absolute Gasteiger partial charge is 0.327 e. The lowest BCUT2D eigenvalue weighted by molar-refractivity contribution is 0.547. The van der Waals surface area contributed by atoms with Crippen LogP contribution in [0, 0.1) is 23.7 Å². The Hall–Kier alpha value is -4.30. The van der Waals surface area contributed by atoms with Crippen LogP contribution in [0.1, 0.15) is 66.8 Å². The van der Waals surface area contributed by atoms with Gasteiger partial charge in [0.25, 0.3) is 0 Å². The zero-order valence-electron chi connectivity index (χ0n) is 22.7. The molecule has 39 heavy (non-hydrogen) atoms. The highest BCUT2D eigenvalue weighted by Crippen LogP contribution is 2.35. The average molecular weight is 506 g/mol. The van der Waals surface area contributed by atoms with Gasteiger partial charge in [-0.2, -0.15) is 0 Å². The maximum Gasteiger partial charge on any atom is 0.0409 e. The van der Waals surface area contributed by atoms with Gasteiger partial charge in [0.1, 0.15) is 0 Å². The topological polar surface area (TPSA) is 26.0 Å². The van der Waals surface area contributed by atoms with Gasteiger partial charge in [0.05, 0.1) is 0 Å². The summed E-state index contributed by atoms with van der Waals surface area (Å²) < 4.78 is 0. The smallest absolute Gasteiger partial charge is 0.0409 e. The molecule has 0 bridgehead atoms. The van der Waals surface area contributed by atoms with Crippen molar-refractivity contribution >= 4 is 21.5 Å². The number of fused-ring (bicyclic) bond motifs is 2. The van der Waals surface area contributed by atoms with Crippen molar-refractivity contribution in [2.45, 2.75) is 51.5 Å². The maximum absolute atomic E-state index is 6.72. The highest BCUT2D eigenvalue weighted by atomic mass is 14.6. The van der Waals surface area contributed by atoms with Crippen LogP contribution in [0.2, 0.25) is 0 Å². The van der Waals surface area contributed by atoms with E-state index in [-0.39, 0.29) is 6.04 Å². The monoisotopic (exact) mass is 505 g/mol. The van der Waals surface area contributed by atoms with Crippen molar-refractivity contribution < 1.29 is 0 Å². The second-order valence-electron chi connectivity index (χ2n) is 10.2. The summed E-state index contributed by atoms with van der Waals surface area (Å²) in [4.78, 5) is 0. The fourth-order valence-corrected chi connectivity index (χ4v) is 5.27. The van der Waals surface area contributed by atoms with Crippen LogP contribution in [0.25, 0.3) is 21.5 Å². The molecular formula is C38H35N. The van der Waals surface area contributed by atoms with E-state index in [1.54, 1.807) is 0 Å². The molecule has 2 N–H and O–H groups in total. The van der Waals surface area contributed by atoms with Gasteiger partial charge in [0.2, 0.25) is 0 Å². The Bertz CT molecular complexity index is 1680. The minimum atomic E-state index is 0.118. The third-order valence-corrected chi connectivity index (χ3v) is 7.26. The Labute approximate surface area is 233 Å². The van der Waals surface area contributed by atoms with Crippen LogP contribution in [0.5, 0.6) is 0 Å². The quantitative estimate of drug-likeness (QED) is 0.134. The lowest BCUT2D eigenvalue weighted by atomic mass is 9.87. The third-order valence-electron chi connectivity index (χ3n) is 7.26. The molecule has 0 aromatic heterocycles. The van der Waals surface area contributed by atoms with Gasteiger partial charge in [-0.1, -0.05) is 135 Å². The van der Waals surface area contributed by atoms with E-state index < -0.39 is 0 Å². The molecule has 1 atom stereocenters. The molecule has 0 saturated heterocycles. The summed E-state index contributed by atoms with van der Waals surface area (Å²) in [5.74, 6) is 14.0. The first-order valence-electron chi connectivity index (χ1n) is 14.1. The Morgan fingerprint density at radius 2 is 1.13 bits per heavy atom. The van der Waals surface area contributed by atoms with Gasteiger partial charge in [-0.05, 0) is 58.8 Å². The predicted molar refractivity (Wildman–Crippen MR) is 167 cm³/mol. The summed E-state index contributed by atoms with van der Waals surface area (Å²) in [6, 6.07) is 35.6. The van der Waals surface area contributed by atoms with Crippen molar-refractivity contribution in [1.82, 2.24) is 0 Å². The highest BCUT2D eigenvalue weighted by Gasteiger charge is 2.16. The number of rotatable bonds is 7. The van der Waals surface area contributed by atoms with E-state index >= 15 is 0 Å². The fourth-order valence-electron chi connectivity index (χ4n) is 5.27. The summed E-state index contributed by atoms with van der Waals surface area (Å²) in [7, 11) is 0. The van der Waals surface area contributed by atoms with Crippen LogP contribution in [0.3, 0.4) is 0 Å². The second-order valence-corrected chi connectivity index (χ2v) is 10.2. The summed E-state index contributed by atoms with van der Waals surface area (Å²) >= 11 is 0. The standard InChI is InChI=1S/C38H35N/c1-2-3-4-11-20-32(39)28-31-19-14-23-36-35(26-24-29-15-7-5-8-16-29)33-21-12-13-22-34(33)37(38(31)36)27-25-30-17-9-6-10-18-30/h5-10,12-19,21-23,32H,2-4,11,20,28,39H2,1H3. The molecule has 0 aliphatic heterocycles. The van der Waals surface area contributed by atoms with E-state index in [9.17, 15) is 0 Å². The molecule has 5 aromatic rings. The molecule has 0 radical (unpaired) electrons. The van der Waals surface area contributed by atoms with Crippen LogP contribution in [0.4, 0.5) is 0 Å². The van der Waals surface area contributed by atoms with E-state index in [1.807, 2.05) is 36.4 Å². The lowest BCUT2D eigenvalue weighted by Crippen LogP contribution is -2.22. The molecule has 0 saturated carbocycles. The molecule has 192 valence electrons. The lowest BCUT2D eigenvalue weighted by Gasteiger charge is -2.17. The van der Waals surface area contributed by atoms with Crippen molar-refractivity contribution in [3.05, 3.63) is 131 Å². The minimum Gasteiger partial charge on any atom is -0.327 e. The zero-order valence-corrected chi connectivity index (χ0v) is 22.7. The van der Waals surface area contributed by atoms with Crippen molar-refractivity contribution in [3.63, 3.8) is 0 Å². The molecule has 0 spiro atoms. The van der Waals surface area contributed by atoms with E-state index in [4.69, 9.17) is 5.73 Å². The molecule has 0 fully saturated rings. The van der Waals surface area contributed by atoms with Crippen LogP contribution in [-0.2, 0) is 6.42 Å². The van der Waals surface area contributed by atoms with Crippen LogP contribution in [-0.4, -0.2) is 6.04 Å². The maximum atomic E-state index is 6.72. The van der Waals surface area contributed by atoms with E-state index in [0.29, 0.717) is 0 Å². The van der Waals surface area contributed by atoms with Gasteiger partial charge < -0.3 is 5.73 Å². The molecule has 0 amide bonds. The second kappa shape index (κ2) is 13.0. The molecule has 0 heterocycles. The number of benzene rings is 5. The van der Waals surface area contributed by atoms with Crippen molar-refractivity contribution in [1.29, 1.82) is 0 Å². The normalized spacial score (nSPS) is 11.4. The van der Waals surface area contributed by atoms with Gasteiger partial charge in [-0.15, -0.1) is 0 Å². The van der Waals surface area contributed by atoms with Gasteiger partial charge in [-0.3, -0.25) is 0 Å². The first kappa shape index (κ1) is 26.3. The molecule has 0 aliphatic carbocycles. The van der Waals surface area contributed by atoms with E-state index in [2.05, 4.69) is 97.3 Å². The average Bonchev–Trinajstić information content (AvgIpc) is 2.98. The van der Waals surface area contributed by atoms with Gasteiger partial charge in [0, 0.05) is 33.7 Å². The number of hydrogen-bond donors (Lipinski definition) is 1. The van der Waals surface area contributed by atoms with Gasteiger partial charge >= 0.3 is 0 Å². The molecule has 0 aliphatic rings. The van der Waals surface area contributed by atoms with Crippen LogP contribution < -0.4 is 5.73 Å². The van der Waals surface area contributed by atoms with Crippen molar-refractivity contribution in [3.8, 4) is 23.7 Å². The molecular weight excluding hydrogens is 470 g/mol. The predicted octanol–water partition coefficient (Wildman–Crippen LogP) is 8.63. The molecule has 5 aromatic carbocycles. The van der Waals surface area contributed by atoms with Crippen molar-refractivity contribution in [2.75, 3.05) is 0 Å². The fraction of sp³-hybridized carbons (Fsp3) is 0.211. The van der Waals surface area contributed by atoms with Gasteiger partial charge in [0.15, 0.2) is 0 Å². The third kappa shape index (κ3) is 6.41. The minimum absolute atomic E-state index is 0.118. The Kier molecular flexibility index (Phi) is 8.75. The van der Waals surface area contributed by atoms with E-state index in [1.165, 1.54) is 36.6 Å². The SMILES string of the molecule is CCCCCCC(N)Cc1cccc2c(C#Cc3ccccc3)c3ccccc3c(C#Cc3ccccc3)c12. The summed E-state index contributed by atoms with van der Waals surface area (Å²) in [6.07, 6.45) is 6.80. The Morgan fingerprint density at radius 3 is 1.77 bits per heavy atom. The van der Waals surface area contributed by atoms with E-state index in [0.717, 1.165) is 51.3 Å². The first-order chi connectivity index (χ1) is 19.2. The molecule has 5 rings (SSSR count). The van der Waals surface area contributed by atoms with Crippen LogP contribution in [0.15, 0.2) is 103 Å². The summed E-state index contributed by atoms with van der Waals surface area (Å²) in [6.45, 7) is 2.25. The Morgan fingerprint density at radius 1 is 0.564 bits per heavy atom. The molecule has 1 nitrogen and oxygen atoms in total. The van der Waals surface area contributed by atoms with Crippen LogP contribution >= 0.6 is 0 Å². The molecule has 1 heteroatoms. The Balaban J connectivity index is 1.71. The number of nitrogens with two attached hydrogens (primary N) is 1. The highest BCUT2D eigenvalue weighted by molar-refractivity contribution is 6.11. The number of hydrogen-bond acceptors (Lipinski definition) is 1. The summed E-state index contributed by atoms with van der Waals surface area (Å²) in [5, 5.41) is 4.59.